The number of benzene rings is 1. The number of rotatable bonds is 4. The Balaban J connectivity index is 1.50. The zero-order valence-corrected chi connectivity index (χ0v) is 13.3. The number of likely N-dealkylation sites (tertiary alicyclic amines) is 2. The van der Waals surface area contributed by atoms with Crippen LogP contribution >= 0.6 is 0 Å². The summed E-state index contributed by atoms with van der Waals surface area (Å²) < 4.78 is 0. The smallest absolute Gasteiger partial charge is 0.318 e. The molecule has 0 radical (unpaired) electrons. The monoisotopic (exact) mass is 316 g/mol. The van der Waals surface area contributed by atoms with E-state index in [1.807, 2.05) is 18.2 Å². The number of nitrogens with two attached hydrogens (primary N) is 1. The number of primary amides is 1. The maximum absolute atomic E-state index is 12.4. The van der Waals surface area contributed by atoms with Crippen molar-refractivity contribution in [2.45, 2.75) is 37.9 Å². The topological polar surface area (TPSA) is 78.7 Å². The lowest BCUT2D eigenvalue weighted by atomic mass is 10.2. The quantitative estimate of drug-likeness (QED) is 0.867. The van der Waals surface area contributed by atoms with Crippen LogP contribution in [-0.2, 0) is 11.3 Å². The normalized spacial score (nSPS) is 24.8. The molecule has 6 heteroatoms. The molecule has 124 valence electrons. The highest BCUT2D eigenvalue weighted by molar-refractivity contribution is 5.86. The van der Waals surface area contributed by atoms with Gasteiger partial charge in [0.05, 0.1) is 0 Å². The van der Waals surface area contributed by atoms with Gasteiger partial charge in [-0.25, -0.2) is 4.79 Å². The summed E-state index contributed by atoms with van der Waals surface area (Å²) in [7, 11) is 0. The Hall–Kier alpha value is -2.08. The van der Waals surface area contributed by atoms with Gasteiger partial charge in [-0.15, -0.1) is 0 Å². The second-order valence-corrected chi connectivity index (χ2v) is 6.41. The Morgan fingerprint density at radius 1 is 1.17 bits per heavy atom. The lowest BCUT2D eigenvalue weighted by molar-refractivity contribution is -0.121. The van der Waals surface area contributed by atoms with Gasteiger partial charge in [0.25, 0.3) is 0 Å². The van der Waals surface area contributed by atoms with E-state index in [4.69, 9.17) is 5.73 Å². The van der Waals surface area contributed by atoms with Crippen LogP contribution in [0.4, 0.5) is 4.79 Å². The van der Waals surface area contributed by atoms with Crippen molar-refractivity contribution in [2.24, 2.45) is 5.73 Å². The number of hydrogen-bond donors (Lipinski definition) is 2. The fourth-order valence-electron chi connectivity index (χ4n) is 3.50. The first-order valence-electron chi connectivity index (χ1n) is 8.26. The highest BCUT2D eigenvalue weighted by Crippen LogP contribution is 2.18. The van der Waals surface area contributed by atoms with E-state index in [1.54, 1.807) is 4.90 Å². The summed E-state index contributed by atoms with van der Waals surface area (Å²) in [6.45, 7) is 3.33. The van der Waals surface area contributed by atoms with Gasteiger partial charge in [0.15, 0.2) is 0 Å². The summed E-state index contributed by atoms with van der Waals surface area (Å²) in [4.78, 5) is 27.7. The molecule has 2 atom stereocenters. The van der Waals surface area contributed by atoms with Gasteiger partial charge in [-0.05, 0) is 24.8 Å². The number of urea groups is 1. The standard InChI is InChI=1S/C17H24N4O2/c18-16(22)15-7-4-9-21(15)17(23)19-14-8-10-20(12-14)11-13-5-2-1-3-6-13/h1-3,5-6,14-15H,4,7-12H2,(H2,18,22)(H,19,23)/t14-,15-/m0/s1. The maximum Gasteiger partial charge on any atom is 0.318 e. The number of nitrogens with one attached hydrogen (secondary N) is 1. The van der Waals surface area contributed by atoms with Crippen LogP contribution in [0, 0.1) is 0 Å². The van der Waals surface area contributed by atoms with Crippen molar-refractivity contribution in [1.82, 2.24) is 15.1 Å². The Morgan fingerprint density at radius 2 is 1.96 bits per heavy atom. The van der Waals surface area contributed by atoms with Gasteiger partial charge in [0, 0.05) is 32.2 Å². The number of hydrogen-bond acceptors (Lipinski definition) is 3. The molecular formula is C17H24N4O2. The lowest BCUT2D eigenvalue weighted by Crippen LogP contribution is -2.51. The van der Waals surface area contributed by atoms with E-state index < -0.39 is 11.9 Å². The molecule has 0 aromatic heterocycles. The average molecular weight is 316 g/mol. The number of amides is 3. The van der Waals surface area contributed by atoms with Crippen molar-refractivity contribution in [3.05, 3.63) is 35.9 Å². The third-order valence-corrected chi connectivity index (χ3v) is 4.69. The molecule has 23 heavy (non-hydrogen) atoms. The fourth-order valence-corrected chi connectivity index (χ4v) is 3.50. The van der Waals surface area contributed by atoms with Gasteiger partial charge in [0.1, 0.15) is 6.04 Å². The summed E-state index contributed by atoms with van der Waals surface area (Å²) in [5.74, 6) is -0.408. The highest BCUT2D eigenvalue weighted by Gasteiger charge is 2.34. The second kappa shape index (κ2) is 7.00. The zero-order valence-electron chi connectivity index (χ0n) is 13.3. The minimum atomic E-state index is -0.447. The Kier molecular flexibility index (Phi) is 4.81. The van der Waals surface area contributed by atoms with Crippen molar-refractivity contribution in [3.63, 3.8) is 0 Å². The van der Waals surface area contributed by atoms with Crippen LogP contribution in [0.5, 0.6) is 0 Å². The van der Waals surface area contributed by atoms with Crippen LogP contribution in [0.3, 0.4) is 0 Å². The van der Waals surface area contributed by atoms with Gasteiger partial charge < -0.3 is 16.0 Å². The van der Waals surface area contributed by atoms with E-state index in [-0.39, 0.29) is 12.1 Å². The zero-order chi connectivity index (χ0) is 16.2. The Bertz CT molecular complexity index is 563. The first-order chi connectivity index (χ1) is 11.1. The predicted octanol–water partition coefficient (Wildman–Crippen LogP) is 0.920. The summed E-state index contributed by atoms with van der Waals surface area (Å²) in [6.07, 6.45) is 2.45. The van der Waals surface area contributed by atoms with Crippen LogP contribution in [0.15, 0.2) is 30.3 Å². The van der Waals surface area contributed by atoms with E-state index in [2.05, 4.69) is 22.3 Å². The van der Waals surface area contributed by atoms with E-state index >= 15 is 0 Å². The molecule has 2 aliphatic heterocycles. The van der Waals surface area contributed by atoms with Crippen molar-refractivity contribution in [1.29, 1.82) is 0 Å². The SMILES string of the molecule is NC(=O)[C@@H]1CCCN1C(=O)N[C@H]1CCN(Cc2ccccc2)C1. The average Bonchev–Trinajstić information content (AvgIpc) is 3.17. The van der Waals surface area contributed by atoms with E-state index in [0.29, 0.717) is 13.0 Å². The summed E-state index contributed by atoms with van der Waals surface area (Å²) >= 11 is 0. The van der Waals surface area contributed by atoms with E-state index in [9.17, 15) is 9.59 Å². The van der Waals surface area contributed by atoms with Gasteiger partial charge in [-0.3, -0.25) is 9.69 Å². The molecule has 3 amide bonds. The second-order valence-electron chi connectivity index (χ2n) is 6.41. The molecule has 0 bridgehead atoms. The van der Waals surface area contributed by atoms with Crippen LogP contribution in [0.1, 0.15) is 24.8 Å². The Morgan fingerprint density at radius 3 is 2.70 bits per heavy atom. The molecule has 0 aliphatic carbocycles. The third-order valence-electron chi connectivity index (χ3n) is 4.69. The summed E-state index contributed by atoms with van der Waals surface area (Å²) in [6, 6.07) is 9.88. The van der Waals surface area contributed by atoms with Crippen LogP contribution < -0.4 is 11.1 Å². The molecule has 0 unspecified atom stereocenters. The first-order valence-corrected chi connectivity index (χ1v) is 8.26. The third kappa shape index (κ3) is 3.82. The van der Waals surface area contributed by atoms with E-state index in [1.165, 1.54) is 5.56 Å². The molecular weight excluding hydrogens is 292 g/mol. The molecule has 1 aromatic carbocycles. The van der Waals surface area contributed by atoms with Crippen molar-refractivity contribution in [2.75, 3.05) is 19.6 Å². The minimum absolute atomic E-state index is 0.139. The van der Waals surface area contributed by atoms with Crippen LogP contribution in [0.25, 0.3) is 0 Å². The fraction of sp³-hybridized carbons (Fsp3) is 0.529. The van der Waals surface area contributed by atoms with Crippen LogP contribution in [0.2, 0.25) is 0 Å². The van der Waals surface area contributed by atoms with Gasteiger partial charge >= 0.3 is 6.03 Å². The molecule has 3 rings (SSSR count). The van der Waals surface area contributed by atoms with Gasteiger partial charge in [0.2, 0.25) is 5.91 Å². The molecule has 2 fully saturated rings. The highest BCUT2D eigenvalue weighted by atomic mass is 16.2. The molecule has 2 saturated heterocycles. The molecule has 0 spiro atoms. The maximum atomic E-state index is 12.4. The number of nitrogens with zero attached hydrogens (tertiary/aromatic N) is 2. The molecule has 6 nitrogen and oxygen atoms in total. The Labute approximate surface area is 136 Å². The van der Waals surface area contributed by atoms with Crippen molar-refractivity contribution >= 4 is 11.9 Å². The predicted molar refractivity (Wildman–Crippen MR) is 87.6 cm³/mol. The minimum Gasteiger partial charge on any atom is -0.368 e. The van der Waals surface area contributed by atoms with E-state index in [0.717, 1.165) is 32.5 Å². The molecule has 2 aliphatic rings. The first kappa shape index (κ1) is 15.8. The summed E-state index contributed by atoms with van der Waals surface area (Å²) in [5.41, 5.74) is 6.66. The number of carbonyl (C=O) groups excluding carboxylic acids is 2. The molecule has 0 saturated carbocycles. The van der Waals surface area contributed by atoms with Gasteiger partial charge in [-0.1, -0.05) is 30.3 Å². The van der Waals surface area contributed by atoms with Crippen LogP contribution in [-0.4, -0.2) is 53.5 Å². The summed E-state index contributed by atoms with van der Waals surface area (Å²) in [5, 5.41) is 3.06. The lowest BCUT2D eigenvalue weighted by Gasteiger charge is -2.25. The largest absolute Gasteiger partial charge is 0.368 e. The molecule has 2 heterocycles. The molecule has 3 N–H and O–H groups in total. The van der Waals surface area contributed by atoms with Crippen molar-refractivity contribution < 1.29 is 9.59 Å². The number of carbonyl (C=O) groups is 2. The van der Waals surface area contributed by atoms with Crippen molar-refractivity contribution in [3.8, 4) is 0 Å². The van der Waals surface area contributed by atoms with Gasteiger partial charge in [-0.2, -0.15) is 0 Å². The molecule has 1 aromatic rings.